The molecule has 0 saturated carbocycles. The Morgan fingerprint density at radius 1 is 1.43 bits per heavy atom. The van der Waals surface area contributed by atoms with E-state index in [2.05, 4.69) is 10.1 Å². The maximum absolute atomic E-state index is 12.2. The summed E-state index contributed by atoms with van der Waals surface area (Å²) in [6.45, 7) is 3.35. The smallest absolute Gasteiger partial charge is 0.328 e. The zero-order valence-corrected chi connectivity index (χ0v) is 11.9. The molecule has 0 saturated heterocycles. The maximum atomic E-state index is 12.2. The van der Waals surface area contributed by atoms with Gasteiger partial charge in [0.05, 0.1) is 18.6 Å². The number of carbonyl (C=O) groups is 2. The number of carbonyl (C=O) groups excluding carboxylic acids is 2. The summed E-state index contributed by atoms with van der Waals surface area (Å²) in [5.74, 6) is -1.34. The van der Waals surface area contributed by atoms with Gasteiger partial charge in [0.15, 0.2) is 5.56 Å². The Morgan fingerprint density at radius 2 is 2.10 bits per heavy atom. The second kappa shape index (κ2) is 7.22. The number of nitro benzene ring substituents is 1. The molecule has 0 radical (unpaired) electrons. The van der Waals surface area contributed by atoms with Crippen molar-refractivity contribution in [1.29, 1.82) is 0 Å². The number of amides is 1. The molecule has 0 fully saturated rings. The van der Waals surface area contributed by atoms with Gasteiger partial charge in [-0.15, -0.1) is 0 Å². The minimum atomic E-state index is -0.934. The van der Waals surface area contributed by atoms with Crippen molar-refractivity contribution in [1.82, 2.24) is 5.32 Å². The van der Waals surface area contributed by atoms with E-state index in [0.717, 1.165) is 0 Å². The number of hydrogen-bond donors (Lipinski definition) is 1. The maximum Gasteiger partial charge on any atom is 0.328 e. The van der Waals surface area contributed by atoms with Crippen LogP contribution in [-0.4, -0.2) is 36.6 Å². The van der Waals surface area contributed by atoms with Crippen molar-refractivity contribution in [3.8, 4) is 5.75 Å². The lowest BCUT2D eigenvalue weighted by molar-refractivity contribution is -0.385. The molecule has 1 atom stereocenters. The van der Waals surface area contributed by atoms with E-state index in [0.29, 0.717) is 0 Å². The molecule has 1 amide bonds. The van der Waals surface area contributed by atoms with Gasteiger partial charge in [-0.1, -0.05) is 6.07 Å². The Morgan fingerprint density at radius 3 is 2.62 bits per heavy atom. The minimum absolute atomic E-state index is 0.0845. The Kier molecular flexibility index (Phi) is 5.65. The number of rotatable bonds is 6. The molecule has 114 valence electrons. The van der Waals surface area contributed by atoms with Gasteiger partial charge in [0.2, 0.25) is 0 Å². The van der Waals surface area contributed by atoms with Gasteiger partial charge in [-0.2, -0.15) is 0 Å². The van der Waals surface area contributed by atoms with Crippen LogP contribution in [-0.2, 0) is 9.53 Å². The summed E-state index contributed by atoms with van der Waals surface area (Å²) < 4.78 is 9.72. The Labute approximate surface area is 121 Å². The summed E-state index contributed by atoms with van der Waals surface area (Å²) >= 11 is 0. The molecule has 0 bridgehead atoms. The fraction of sp³-hybridized carbons (Fsp3) is 0.385. The molecule has 0 aliphatic rings. The summed E-state index contributed by atoms with van der Waals surface area (Å²) in [5.41, 5.74) is -0.615. The lowest BCUT2D eigenvalue weighted by atomic mass is 10.1. The van der Waals surface area contributed by atoms with Crippen molar-refractivity contribution >= 4 is 17.6 Å². The standard InChI is InChI=1S/C13H16N2O6/c1-4-21-10-7-5-6-9(15(18)19)11(10)12(16)14-8(2)13(17)20-3/h5-8H,4H2,1-3H3,(H,14,16). The average Bonchev–Trinajstić information content (AvgIpc) is 2.46. The number of ether oxygens (including phenoxy) is 2. The number of benzene rings is 1. The molecular formula is C13H16N2O6. The highest BCUT2D eigenvalue weighted by atomic mass is 16.6. The number of methoxy groups -OCH3 is 1. The first kappa shape index (κ1) is 16.4. The molecule has 8 heteroatoms. The van der Waals surface area contributed by atoms with Gasteiger partial charge < -0.3 is 14.8 Å². The van der Waals surface area contributed by atoms with Crippen LogP contribution in [0.2, 0.25) is 0 Å². The predicted molar refractivity (Wildman–Crippen MR) is 73.2 cm³/mol. The minimum Gasteiger partial charge on any atom is -0.493 e. The summed E-state index contributed by atoms with van der Waals surface area (Å²) in [5, 5.41) is 13.4. The zero-order chi connectivity index (χ0) is 16.0. The van der Waals surface area contributed by atoms with Crippen LogP contribution in [0.25, 0.3) is 0 Å². The van der Waals surface area contributed by atoms with Gasteiger partial charge in [0.1, 0.15) is 11.8 Å². The third kappa shape index (κ3) is 3.91. The average molecular weight is 296 g/mol. The molecule has 21 heavy (non-hydrogen) atoms. The first-order valence-electron chi connectivity index (χ1n) is 6.21. The van der Waals surface area contributed by atoms with E-state index < -0.39 is 28.5 Å². The zero-order valence-electron chi connectivity index (χ0n) is 11.9. The van der Waals surface area contributed by atoms with Crippen LogP contribution in [0.1, 0.15) is 24.2 Å². The highest BCUT2D eigenvalue weighted by molar-refractivity contribution is 6.02. The lowest BCUT2D eigenvalue weighted by Gasteiger charge is -2.14. The van der Waals surface area contributed by atoms with Crippen LogP contribution >= 0.6 is 0 Å². The normalized spacial score (nSPS) is 11.4. The molecular weight excluding hydrogens is 280 g/mol. The molecule has 1 N–H and O–H groups in total. The van der Waals surface area contributed by atoms with Crippen molar-refractivity contribution < 1.29 is 24.0 Å². The second-order valence-corrected chi connectivity index (χ2v) is 4.06. The van der Waals surface area contributed by atoms with E-state index in [4.69, 9.17) is 4.74 Å². The third-order valence-corrected chi connectivity index (χ3v) is 2.63. The fourth-order valence-electron chi connectivity index (χ4n) is 1.68. The lowest BCUT2D eigenvalue weighted by Crippen LogP contribution is -2.39. The van der Waals surface area contributed by atoms with Crippen molar-refractivity contribution in [3.63, 3.8) is 0 Å². The summed E-state index contributed by atoms with van der Waals surface area (Å²) in [6, 6.07) is 3.13. The van der Waals surface area contributed by atoms with E-state index in [1.54, 1.807) is 6.92 Å². The first-order valence-corrected chi connectivity index (χ1v) is 6.21. The van der Waals surface area contributed by atoms with Gasteiger partial charge in [0, 0.05) is 6.07 Å². The van der Waals surface area contributed by atoms with Gasteiger partial charge in [-0.3, -0.25) is 14.9 Å². The largest absolute Gasteiger partial charge is 0.493 e. The first-order chi connectivity index (χ1) is 9.92. The van der Waals surface area contributed by atoms with Crippen LogP contribution in [0.15, 0.2) is 18.2 Å². The predicted octanol–water partition coefficient (Wildman–Crippen LogP) is 1.28. The SMILES string of the molecule is CCOc1cccc([N+](=O)[O-])c1C(=O)NC(C)C(=O)OC. The number of esters is 1. The van der Waals surface area contributed by atoms with E-state index in [1.807, 2.05) is 0 Å². The molecule has 1 unspecified atom stereocenters. The van der Waals surface area contributed by atoms with Crippen molar-refractivity contribution in [2.24, 2.45) is 0 Å². The summed E-state index contributed by atoms with van der Waals surface area (Å²) in [4.78, 5) is 33.9. The fourth-order valence-corrected chi connectivity index (χ4v) is 1.68. The van der Waals surface area contributed by atoms with Crippen LogP contribution in [0, 0.1) is 10.1 Å². The molecule has 1 rings (SSSR count). The Balaban J connectivity index is 3.16. The van der Waals surface area contributed by atoms with Gasteiger partial charge in [-0.05, 0) is 19.9 Å². The molecule has 1 aromatic rings. The topological polar surface area (TPSA) is 108 Å². The second-order valence-electron chi connectivity index (χ2n) is 4.06. The number of nitrogens with zero attached hydrogens (tertiary/aromatic N) is 1. The van der Waals surface area contributed by atoms with Crippen LogP contribution in [0.4, 0.5) is 5.69 Å². The van der Waals surface area contributed by atoms with Gasteiger partial charge >= 0.3 is 5.97 Å². The molecule has 8 nitrogen and oxygen atoms in total. The highest BCUT2D eigenvalue weighted by Gasteiger charge is 2.27. The summed E-state index contributed by atoms with van der Waals surface area (Å²) in [6.07, 6.45) is 0. The molecule has 0 heterocycles. The number of hydrogen-bond acceptors (Lipinski definition) is 6. The summed E-state index contributed by atoms with van der Waals surface area (Å²) in [7, 11) is 1.18. The number of nitrogens with one attached hydrogen (secondary N) is 1. The van der Waals surface area contributed by atoms with E-state index in [9.17, 15) is 19.7 Å². The number of nitro groups is 1. The van der Waals surface area contributed by atoms with Crippen LogP contribution in [0.5, 0.6) is 5.75 Å². The Bertz CT molecular complexity index is 558. The molecule has 0 aliphatic carbocycles. The molecule has 0 spiro atoms. The van der Waals surface area contributed by atoms with E-state index >= 15 is 0 Å². The quantitative estimate of drug-likeness (QED) is 0.481. The highest BCUT2D eigenvalue weighted by Crippen LogP contribution is 2.28. The van der Waals surface area contributed by atoms with Crippen molar-refractivity contribution in [2.45, 2.75) is 19.9 Å². The van der Waals surface area contributed by atoms with E-state index in [-0.39, 0.29) is 17.9 Å². The molecule has 0 aromatic heterocycles. The molecule has 1 aromatic carbocycles. The molecule has 0 aliphatic heterocycles. The van der Waals surface area contributed by atoms with Crippen LogP contribution < -0.4 is 10.1 Å². The third-order valence-electron chi connectivity index (χ3n) is 2.63. The van der Waals surface area contributed by atoms with Gasteiger partial charge in [-0.25, -0.2) is 4.79 Å². The monoisotopic (exact) mass is 296 g/mol. The van der Waals surface area contributed by atoms with E-state index in [1.165, 1.54) is 32.2 Å². The van der Waals surface area contributed by atoms with Crippen molar-refractivity contribution in [2.75, 3.05) is 13.7 Å². The van der Waals surface area contributed by atoms with Crippen molar-refractivity contribution in [3.05, 3.63) is 33.9 Å². The Hall–Kier alpha value is -2.64. The van der Waals surface area contributed by atoms with Gasteiger partial charge in [0.25, 0.3) is 11.6 Å². The van der Waals surface area contributed by atoms with Crippen LogP contribution in [0.3, 0.4) is 0 Å².